The second kappa shape index (κ2) is 3.28. The molecule has 4 nitrogen and oxygen atoms in total. The average Bonchev–Trinajstić information content (AvgIpc) is 2.61. The van der Waals surface area contributed by atoms with Crippen LogP contribution < -0.4 is 0 Å². The topological polar surface area (TPSA) is 43.1 Å². The van der Waals surface area contributed by atoms with E-state index < -0.39 is 0 Å². The van der Waals surface area contributed by atoms with Gasteiger partial charge in [0.2, 0.25) is 0 Å². The third kappa shape index (κ3) is 1.37. The third-order valence-corrected chi connectivity index (χ3v) is 3.11. The molecule has 0 fully saturated rings. The summed E-state index contributed by atoms with van der Waals surface area (Å²) in [5.41, 5.74) is 2.41. The van der Waals surface area contributed by atoms with Crippen molar-refractivity contribution in [2.45, 2.75) is 0 Å². The Hall–Kier alpha value is -0.950. The molecule has 15 heavy (non-hydrogen) atoms. The van der Waals surface area contributed by atoms with E-state index in [-0.39, 0.29) is 0 Å². The first-order valence-electron chi connectivity index (χ1n) is 4.21. The molecule has 3 aromatic rings. The van der Waals surface area contributed by atoms with E-state index in [1.807, 2.05) is 12.1 Å². The third-order valence-electron chi connectivity index (χ3n) is 2.12. The molecule has 0 spiro atoms. The summed E-state index contributed by atoms with van der Waals surface area (Å²) in [4.78, 5) is 0. The smallest absolute Gasteiger partial charge is 0.191 e. The normalized spacial score (nSPS) is 11.3. The first-order chi connectivity index (χ1) is 7.25. The fraction of sp³-hybridized carbons (Fsp3) is 0. The summed E-state index contributed by atoms with van der Waals surface area (Å²) in [6.07, 6.45) is 1.75. The van der Waals surface area contributed by atoms with Gasteiger partial charge in [-0.15, -0.1) is 10.2 Å². The molecule has 0 saturated heterocycles. The predicted molar refractivity (Wildman–Crippen MR) is 66.0 cm³/mol. The maximum atomic E-state index is 5.93. The minimum absolute atomic E-state index is 0.669. The summed E-state index contributed by atoms with van der Waals surface area (Å²) < 4.78 is 2.72. The van der Waals surface area contributed by atoms with Crippen LogP contribution in [0.15, 0.2) is 24.4 Å². The number of rotatable bonds is 0. The molecule has 0 aliphatic heterocycles. The lowest BCUT2D eigenvalue weighted by atomic mass is 10.3. The average molecular weight is 331 g/mol. The van der Waals surface area contributed by atoms with Crippen molar-refractivity contribution in [1.82, 2.24) is 19.8 Å². The lowest BCUT2D eigenvalue weighted by Gasteiger charge is -1.99. The Balaban J connectivity index is 2.57. The molecule has 2 heterocycles. The van der Waals surface area contributed by atoms with E-state index in [1.54, 1.807) is 16.8 Å². The highest BCUT2D eigenvalue weighted by Crippen LogP contribution is 2.19. The van der Waals surface area contributed by atoms with Crippen molar-refractivity contribution in [3.8, 4) is 0 Å². The minimum atomic E-state index is 0.669. The van der Waals surface area contributed by atoms with Crippen molar-refractivity contribution in [3.63, 3.8) is 0 Å². The molecular weight excluding hydrogens is 326 g/mol. The summed E-state index contributed by atoms with van der Waals surface area (Å²) >= 11 is 8.11. The number of halogens is 2. The van der Waals surface area contributed by atoms with Gasteiger partial charge in [0.05, 0.1) is 15.3 Å². The highest BCUT2D eigenvalue weighted by atomic mass is 127. The van der Waals surface area contributed by atoms with Gasteiger partial charge in [-0.25, -0.2) is 4.52 Å². The van der Waals surface area contributed by atoms with Crippen LogP contribution in [0, 0.1) is 3.57 Å². The van der Waals surface area contributed by atoms with E-state index in [0.717, 1.165) is 20.3 Å². The van der Waals surface area contributed by atoms with Gasteiger partial charge in [0.25, 0.3) is 0 Å². The van der Waals surface area contributed by atoms with Crippen molar-refractivity contribution in [2.24, 2.45) is 0 Å². The van der Waals surface area contributed by atoms with Crippen molar-refractivity contribution < 1.29 is 0 Å². The Morgan fingerprint density at radius 3 is 3.00 bits per heavy atom. The van der Waals surface area contributed by atoms with Crippen molar-refractivity contribution >= 4 is 50.9 Å². The molecule has 1 aromatic carbocycles. The Labute approximate surface area is 103 Å². The van der Waals surface area contributed by atoms with Crippen molar-refractivity contribution in [2.75, 3.05) is 0 Å². The van der Waals surface area contributed by atoms with Gasteiger partial charge in [-0.3, -0.25) is 0 Å². The Bertz CT molecular complexity index is 664. The van der Waals surface area contributed by atoms with Crippen LogP contribution in [0.3, 0.4) is 0 Å². The molecule has 0 bridgehead atoms. The van der Waals surface area contributed by atoms with E-state index in [2.05, 4.69) is 37.9 Å². The van der Waals surface area contributed by atoms with Crippen LogP contribution in [-0.4, -0.2) is 19.8 Å². The van der Waals surface area contributed by atoms with Gasteiger partial charge in [0.1, 0.15) is 5.52 Å². The highest BCUT2D eigenvalue weighted by molar-refractivity contribution is 14.1. The highest BCUT2D eigenvalue weighted by Gasteiger charge is 2.07. The molecule has 0 unspecified atom stereocenters. The summed E-state index contributed by atoms with van der Waals surface area (Å²) in [5.74, 6) is 0. The van der Waals surface area contributed by atoms with Crippen LogP contribution in [-0.2, 0) is 0 Å². The second-order valence-electron chi connectivity index (χ2n) is 3.06. The lowest BCUT2D eigenvalue weighted by Crippen LogP contribution is -1.96. The second-order valence-corrected chi connectivity index (χ2v) is 4.66. The standard InChI is InChI=1S/C9H4ClIN4/c10-5-1-2-7-8(3-5)15-9(14-13-7)6(11)4-12-15/h1-4H. The van der Waals surface area contributed by atoms with Crippen LogP contribution in [0.1, 0.15) is 0 Å². The van der Waals surface area contributed by atoms with Crippen LogP contribution in [0.2, 0.25) is 5.02 Å². The van der Waals surface area contributed by atoms with Gasteiger partial charge >= 0.3 is 0 Å². The molecule has 74 valence electrons. The fourth-order valence-corrected chi connectivity index (χ4v) is 2.07. The fourth-order valence-electron chi connectivity index (χ4n) is 1.44. The first kappa shape index (κ1) is 9.29. The first-order valence-corrected chi connectivity index (χ1v) is 5.66. The van der Waals surface area contributed by atoms with Crippen molar-refractivity contribution in [3.05, 3.63) is 33.0 Å². The van der Waals surface area contributed by atoms with Gasteiger partial charge in [-0.1, -0.05) is 11.6 Å². The van der Waals surface area contributed by atoms with E-state index in [1.165, 1.54) is 0 Å². The Morgan fingerprint density at radius 1 is 1.27 bits per heavy atom. The molecule has 0 atom stereocenters. The number of benzene rings is 1. The molecule has 0 aliphatic rings. The van der Waals surface area contributed by atoms with Crippen LogP contribution >= 0.6 is 34.2 Å². The summed E-state index contributed by atoms with van der Waals surface area (Å²) in [7, 11) is 0. The number of aromatic nitrogens is 4. The molecule has 3 rings (SSSR count). The van der Waals surface area contributed by atoms with E-state index in [0.29, 0.717) is 5.02 Å². The molecule has 2 aromatic heterocycles. The predicted octanol–water partition coefficient (Wildman–Crippen LogP) is 2.54. The Morgan fingerprint density at radius 2 is 2.13 bits per heavy atom. The summed E-state index contributed by atoms with van der Waals surface area (Å²) in [6.45, 7) is 0. The SMILES string of the molecule is Clc1ccc2nnc3c(I)cnn3c2c1. The van der Waals surface area contributed by atoms with Crippen LogP contribution in [0.4, 0.5) is 0 Å². The van der Waals surface area contributed by atoms with E-state index >= 15 is 0 Å². The quantitative estimate of drug-likeness (QED) is 0.595. The van der Waals surface area contributed by atoms with Gasteiger partial charge in [-0.05, 0) is 40.8 Å². The van der Waals surface area contributed by atoms with Crippen LogP contribution in [0.5, 0.6) is 0 Å². The van der Waals surface area contributed by atoms with Gasteiger partial charge in [0, 0.05) is 5.02 Å². The molecular formula is C9H4ClIN4. The molecule has 0 amide bonds. The molecule has 0 aliphatic carbocycles. The summed E-state index contributed by atoms with van der Waals surface area (Å²) in [6, 6.07) is 5.46. The molecule has 0 radical (unpaired) electrons. The largest absolute Gasteiger partial charge is 0.210 e. The zero-order valence-corrected chi connectivity index (χ0v) is 10.3. The molecule has 0 saturated carbocycles. The maximum absolute atomic E-state index is 5.93. The number of fused-ring (bicyclic) bond motifs is 3. The van der Waals surface area contributed by atoms with Gasteiger partial charge in [-0.2, -0.15) is 5.10 Å². The van der Waals surface area contributed by atoms with Crippen LogP contribution in [0.25, 0.3) is 16.7 Å². The Kier molecular flexibility index (Phi) is 2.03. The van der Waals surface area contributed by atoms with E-state index in [4.69, 9.17) is 11.6 Å². The van der Waals surface area contributed by atoms with E-state index in [9.17, 15) is 0 Å². The minimum Gasteiger partial charge on any atom is -0.210 e. The lowest BCUT2D eigenvalue weighted by molar-refractivity contribution is 0.942. The molecule has 0 N–H and O–H groups in total. The maximum Gasteiger partial charge on any atom is 0.191 e. The number of hydrogen-bond acceptors (Lipinski definition) is 3. The summed E-state index contributed by atoms with van der Waals surface area (Å²) in [5, 5.41) is 13.1. The number of hydrogen-bond donors (Lipinski definition) is 0. The monoisotopic (exact) mass is 330 g/mol. The van der Waals surface area contributed by atoms with Crippen molar-refractivity contribution in [1.29, 1.82) is 0 Å². The van der Waals surface area contributed by atoms with Gasteiger partial charge in [0.15, 0.2) is 5.65 Å². The zero-order chi connectivity index (χ0) is 10.4. The number of nitrogens with zero attached hydrogens (tertiary/aromatic N) is 4. The van der Waals surface area contributed by atoms with Gasteiger partial charge < -0.3 is 0 Å². The molecule has 6 heteroatoms. The zero-order valence-electron chi connectivity index (χ0n) is 7.35.